The minimum Gasteiger partial charge on any atom is -0.732 e. The number of hydrogen-bond acceptors (Lipinski definition) is 6. The zero-order chi connectivity index (χ0) is 19.5. The number of ether oxygens (including phenoxy) is 1. The van der Waals surface area contributed by atoms with Crippen molar-refractivity contribution in [1.29, 1.82) is 0 Å². The molecule has 1 saturated heterocycles. The molecule has 0 aliphatic carbocycles. The molecule has 3 unspecified atom stereocenters. The summed E-state index contributed by atoms with van der Waals surface area (Å²) in [5.41, 5.74) is 0.500. The monoisotopic (exact) mass is 367 g/mol. The Balaban J connectivity index is 1.83. The molecule has 7 nitrogen and oxygen atoms in total. The van der Waals surface area contributed by atoms with Gasteiger partial charge >= 0.3 is 0 Å². The van der Waals surface area contributed by atoms with E-state index in [1.165, 1.54) is 0 Å². The zero-order valence-corrected chi connectivity index (χ0v) is 16.0. The SMILES string of the molecule is CC(=CCc1c[nH]c(N([O-])O)c1)CCC(O)C1(C)CCC(C(C)(C)O)O1. The minimum absolute atomic E-state index is 0.106. The molecule has 148 valence electrons. The van der Waals surface area contributed by atoms with Crippen molar-refractivity contribution in [3.8, 4) is 0 Å². The molecule has 0 saturated carbocycles. The number of H-pyrrole nitrogens is 1. The van der Waals surface area contributed by atoms with Gasteiger partial charge in [-0.05, 0) is 71.4 Å². The summed E-state index contributed by atoms with van der Waals surface area (Å²) in [5.74, 6) is 0.106. The number of nitrogens with zero attached hydrogens (tertiary/aromatic N) is 1. The van der Waals surface area contributed by atoms with Crippen molar-refractivity contribution in [2.75, 3.05) is 5.23 Å². The molecule has 0 bridgehead atoms. The number of nitrogens with one attached hydrogen (secondary N) is 1. The van der Waals surface area contributed by atoms with E-state index in [1.807, 2.05) is 19.9 Å². The fourth-order valence-electron chi connectivity index (χ4n) is 3.32. The normalized spacial score (nSPS) is 25.5. The van der Waals surface area contributed by atoms with Gasteiger partial charge in [-0.1, -0.05) is 11.6 Å². The van der Waals surface area contributed by atoms with Crippen molar-refractivity contribution < 1.29 is 20.2 Å². The fourth-order valence-corrected chi connectivity index (χ4v) is 3.32. The highest BCUT2D eigenvalue weighted by molar-refractivity contribution is 5.40. The lowest BCUT2D eigenvalue weighted by atomic mass is 9.90. The molecule has 0 amide bonds. The van der Waals surface area contributed by atoms with Gasteiger partial charge in [-0.3, -0.25) is 5.21 Å². The average Bonchev–Trinajstić information content (AvgIpc) is 3.17. The van der Waals surface area contributed by atoms with Crippen LogP contribution in [-0.2, 0) is 11.2 Å². The third kappa shape index (κ3) is 5.31. The van der Waals surface area contributed by atoms with Crippen LogP contribution in [0.1, 0.15) is 58.9 Å². The predicted octanol–water partition coefficient (Wildman–Crippen LogP) is 3.05. The molecular weight excluding hydrogens is 336 g/mol. The van der Waals surface area contributed by atoms with E-state index in [-0.39, 0.29) is 17.1 Å². The topological polar surface area (TPSA) is 112 Å². The highest BCUT2D eigenvalue weighted by Crippen LogP contribution is 2.38. The van der Waals surface area contributed by atoms with Crippen molar-refractivity contribution in [1.82, 2.24) is 4.98 Å². The number of aromatic amines is 1. The average molecular weight is 367 g/mol. The fraction of sp³-hybridized carbons (Fsp3) is 0.684. The Morgan fingerprint density at radius 2 is 2.27 bits per heavy atom. The molecule has 7 heteroatoms. The molecule has 2 heterocycles. The molecule has 0 spiro atoms. The van der Waals surface area contributed by atoms with E-state index < -0.39 is 17.3 Å². The van der Waals surface area contributed by atoms with Gasteiger partial charge in [0.25, 0.3) is 0 Å². The Morgan fingerprint density at radius 3 is 2.81 bits per heavy atom. The predicted molar refractivity (Wildman–Crippen MR) is 99.9 cm³/mol. The van der Waals surface area contributed by atoms with Gasteiger partial charge in [-0.2, -0.15) is 0 Å². The first-order valence-corrected chi connectivity index (χ1v) is 9.08. The Hall–Kier alpha value is -1.38. The molecule has 26 heavy (non-hydrogen) atoms. The lowest BCUT2D eigenvalue weighted by Gasteiger charge is -2.33. The molecule has 4 N–H and O–H groups in total. The van der Waals surface area contributed by atoms with E-state index in [1.54, 1.807) is 26.1 Å². The van der Waals surface area contributed by atoms with Gasteiger partial charge < -0.3 is 30.4 Å². The number of rotatable bonds is 8. The molecule has 3 atom stereocenters. The lowest BCUT2D eigenvalue weighted by Crippen LogP contribution is -2.43. The van der Waals surface area contributed by atoms with E-state index in [4.69, 9.17) is 9.94 Å². The van der Waals surface area contributed by atoms with E-state index in [2.05, 4.69) is 4.98 Å². The number of allylic oxidation sites excluding steroid dienone is 2. The van der Waals surface area contributed by atoms with Crippen molar-refractivity contribution in [2.45, 2.75) is 83.2 Å². The van der Waals surface area contributed by atoms with Crippen LogP contribution < -0.4 is 5.23 Å². The Kier molecular flexibility index (Phi) is 6.52. The van der Waals surface area contributed by atoms with Gasteiger partial charge in [-0.25, -0.2) is 0 Å². The number of aliphatic hydroxyl groups excluding tert-OH is 1. The zero-order valence-electron chi connectivity index (χ0n) is 16.0. The lowest BCUT2D eigenvalue weighted by molar-refractivity contribution is -0.153. The van der Waals surface area contributed by atoms with E-state index in [9.17, 15) is 15.4 Å². The number of anilines is 1. The standard InChI is InChI=1S/C19H31N2O5/c1-13(5-7-14-11-17(20-12-14)21(24)25)6-8-15(22)19(4)10-9-16(26-19)18(2,3)23/h5,11-12,15-16,20,22-24H,6-10H2,1-4H3/q-1. The third-order valence-electron chi connectivity index (χ3n) is 5.24. The van der Waals surface area contributed by atoms with Crippen LogP contribution in [0.2, 0.25) is 0 Å². The van der Waals surface area contributed by atoms with Crippen LogP contribution in [0.5, 0.6) is 0 Å². The first-order valence-electron chi connectivity index (χ1n) is 9.08. The highest BCUT2D eigenvalue weighted by Gasteiger charge is 2.46. The van der Waals surface area contributed by atoms with E-state index in [0.717, 1.165) is 30.4 Å². The number of aliphatic hydroxyl groups is 2. The quantitative estimate of drug-likeness (QED) is 0.415. The van der Waals surface area contributed by atoms with Gasteiger partial charge in [-0.15, -0.1) is 0 Å². The molecule has 1 fully saturated rings. The third-order valence-corrected chi connectivity index (χ3v) is 5.24. The summed E-state index contributed by atoms with van der Waals surface area (Å²) in [6.07, 6.45) is 6.30. The Bertz CT molecular complexity index is 620. The summed E-state index contributed by atoms with van der Waals surface area (Å²) in [6.45, 7) is 7.38. The largest absolute Gasteiger partial charge is 0.732 e. The molecule has 1 aliphatic heterocycles. The minimum atomic E-state index is -0.906. The maximum Gasteiger partial charge on any atom is 0.119 e. The van der Waals surface area contributed by atoms with Crippen molar-refractivity contribution in [2.24, 2.45) is 0 Å². The van der Waals surface area contributed by atoms with Crippen LogP contribution >= 0.6 is 0 Å². The smallest absolute Gasteiger partial charge is 0.119 e. The summed E-state index contributed by atoms with van der Waals surface area (Å²) in [7, 11) is 0. The summed E-state index contributed by atoms with van der Waals surface area (Å²) in [4.78, 5) is 2.69. The van der Waals surface area contributed by atoms with Crippen LogP contribution in [0.3, 0.4) is 0 Å². The van der Waals surface area contributed by atoms with Crippen molar-refractivity contribution in [3.63, 3.8) is 0 Å². The maximum atomic E-state index is 10.8. The van der Waals surface area contributed by atoms with Gasteiger partial charge in [0.2, 0.25) is 0 Å². The second-order valence-electron chi connectivity index (χ2n) is 8.09. The van der Waals surface area contributed by atoms with Gasteiger partial charge in [0, 0.05) is 6.20 Å². The Morgan fingerprint density at radius 1 is 1.58 bits per heavy atom. The molecule has 0 radical (unpaired) electrons. The van der Waals surface area contributed by atoms with Crippen LogP contribution in [0.15, 0.2) is 23.9 Å². The van der Waals surface area contributed by atoms with Crippen molar-refractivity contribution in [3.05, 3.63) is 34.7 Å². The van der Waals surface area contributed by atoms with Crippen LogP contribution in [0.4, 0.5) is 5.82 Å². The molecule has 0 aromatic carbocycles. The number of aromatic nitrogens is 1. The highest BCUT2D eigenvalue weighted by atomic mass is 16.8. The Labute approximate surface area is 154 Å². The molecule has 1 aromatic rings. The molecule has 1 aliphatic rings. The van der Waals surface area contributed by atoms with Crippen LogP contribution in [0.25, 0.3) is 0 Å². The second kappa shape index (κ2) is 8.10. The molecular formula is C19H31N2O5-. The summed E-state index contributed by atoms with van der Waals surface area (Å²) < 4.78 is 5.98. The van der Waals surface area contributed by atoms with Gasteiger partial charge in [0.1, 0.15) is 5.82 Å². The maximum absolute atomic E-state index is 10.8. The second-order valence-corrected chi connectivity index (χ2v) is 8.09. The summed E-state index contributed by atoms with van der Waals surface area (Å²) >= 11 is 0. The van der Waals surface area contributed by atoms with Crippen LogP contribution in [0, 0.1) is 5.21 Å². The number of hydrogen-bond donors (Lipinski definition) is 4. The molecule has 2 rings (SSSR count). The molecule has 1 aromatic heterocycles. The van der Waals surface area contributed by atoms with Gasteiger partial charge in [0.05, 0.1) is 23.4 Å². The van der Waals surface area contributed by atoms with Crippen LogP contribution in [-0.4, -0.2) is 43.8 Å². The van der Waals surface area contributed by atoms with E-state index in [0.29, 0.717) is 12.8 Å². The summed E-state index contributed by atoms with van der Waals surface area (Å²) in [5, 5.41) is 40.1. The van der Waals surface area contributed by atoms with E-state index >= 15 is 0 Å². The first-order chi connectivity index (χ1) is 12.0. The van der Waals surface area contributed by atoms with Crippen molar-refractivity contribution >= 4 is 5.82 Å². The summed E-state index contributed by atoms with van der Waals surface area (Å²) in [6, 6.07) is 1.59. The van der Waals surface area contributed by atoms with Gasteiger partial charge in [0.15, 0.2) is 0 Å². The first kappa shape index (κ1) is 20.9.